The maximum Gasteiger partial charge on any atom is 0.270 e. The molecule has 8 heteroatoms. The Hall–Kier alpha value is -2.35. The molecule has 2 amide bonds. The number of aromatic nitrogens is 1. The van der Waals surface area contributed by atoms with Crippen molar-refractivity contribution in [1.29, 1.82) is 0 Å². The van der Waals surface area contributed by atoms with Crippen LogP contribution in [-0.2, 0) is 9.53 Å². The van der Waals surface area contributed by atoms with Crippen molar-refractivity contribution in [2.45, 2.75) is 25.7 Å². The van der Waals surface area contributed by atoms with E-state index in [1.807, 2.05) is 4.90 Å². The average molecular weight is 377 g/mol. The van der Waals surface area contributed by atoms with E-state index in [9.17, 15) is 14.4 Å². The fourth-order valence-electron chi connectivity index (χ4n) is 3.63. The number of carbonyl (C=O) groups excluding carboxylic acids is 2. The highest BCUT2D eigenvalue weighted by atomic mass is 16.5. The normalized spacial score (nSPS) is 18.4. The van der Waals surface area contributed by atoms with E-state index in [0.717, 1.165) is 19.3 Å². The van der Waals surface area contributed by atoms with Crippen molar-refractivity contribution in [2.75, 3.05) is 46.5 Å². The Morgan fingerprint density at radius 2 is 1.89 bits per heavy atom. The Morgan fingerprint density at radius 3 is 2.52 bits per heavy atom. The molecule has 0 saturated carbocycles. The highest BCUT2D eigenvalue weighted by Gasteiger charge is 2.25. The molecule has 0 aromatic carbocycles. The van der Waals surface area contributed by atoms with Gasteiger partial charge in [-0.3, -0.25) is 14.4 Å². The summed E-state index contributed by atoms with van der Waals surface area (Å²) in [7, 11) is 1.42. The van der Waals surface area contributed by atoms with E-state index in [1.54, 1.807) is 4.90 Å². The van der Waals surface area contributed by atoms with Gasteiger partial charge in [-0.15, -0.1) is 0 Å². The molecule has 0 spiro atoms. The molecular formula is C19H27N3O5. The van der Waals surface area contributed by atoms with Gasteiger partial charge in [0.2, 0.25) is 11.3 Å². The van der Waals surface area contributed by atoms with Gasteiger partial charge in [0.15, 0.2) is 5.75 Å². The summed E-state index contributed by atoms with van der Waals surface area (Å²) < 4.78 is 10.2. The first kappa shape index (κ1) is 19.4. The van der Waals surface area contributed by atoms with E-state index in [4.69, 9.17) is 9.47 Å². The second-order valence-corrected chi connectivity index (χ2v) is 7.05. The van der Waals surface area contributed by atoms with Crippen LogP contribution in [0.4, 0.5) is 0 Å². The summed E-state index contributed by atoms with van der Waals surface area (Å²) in [5.41, 5.74) is -0.0298. The van der Waals surface area contributed by atoms with Gasteiger partial charge in [-0.1, -0.05) is 0 Å². The average Bonchev–Trinajstić information content (AvgIpc) is 2.72. The summed E-state index contributed by atoms with van der Waals surface area (Å²) in [5.74, 6) is 0.675. The maximum absolute atomic E-state index is 12.6. The van der Waals surface area contributed by atoms with Crippen LogP contribution in [0.2, 0.25) is 0 Å². The highest BCUT2D eigenvalue weighted by Crippen LogP contribution is 2.23. The van der Waals surface area contributed by atoms with Crippen LogP contribution in [0.1, 0.15) is 36.2 Å². The molecule has 2 saturated heterocycles. The molecule has 1 N–H and O–H groups in total. The number of aromatic amines is 1. The number of H-pyrrole nitrogens is 1. The number of methoxy groups -OCH3 is 1. The minimum atomic E-state index is -0.309. The van der Waals surface area contributed by atoms with E-state index in [0.29, 0.717) is 51.7 Å². The van der Waals surface area contributed by atoms with Gasteiger partial charge in [-0.25, -0.2) is 0 Å². The van der Waals surface area contributed by atoms with Gasteiger partial charge in [-0.05, 0) is 25.2 Å². The molecule has 0 radical (unpaired) electrons. The van der Waals surface area contributed by atoms with Crippen molar-refractivity contribution in [3.05, 3.63) is 28.2 Å². The lowest BCUT2D eigenvalue weighted by molar-refractivity contribution is -0.135. The lowest BCUT2D eigenvalue weighted by Crippen LogP contribution is -2.41. The molecule has 1 aromatic rings. The van der Waals surface area contributed by atoms with Crippen LogP contribution in [0.3, 0.4) is 0 Å². The first-order valence-electron chi connectivity index (χ1n) is 9.50. The Kier molecular flexibility index (Phi) is 6.49. The summed E-state index contributed by atoms with van der Waals surface area (Å²) in [6.45, 7) is 3.91. The number of nitrogens with zero attached hydrogens (tertiary/aromatic N) is 2. The van der Waals surface area contributed by atoms with Gasteiger partial charge in [0.1, 0.15) is 5.69 Å². The largest absolute Gasteiger partial charge is 0.491 e. The van der Waals surface area contributed by atoms with E-state index >= 15 is 0 Å². The lowest BCUT2D eigenvalue weighted by Gasteiger charge is -2.32. The molecule has 0 bridgehead atoms. The van der Waals surface area contributed by atoms with Crippen molar-refractivity contribution in [2.24, 2.45) is 5.92 Å². The smallest absolute Gasteiger partial charge is 0.270 e. The number of hydrogen-bond acceptors (Lipinski definition) is 5. The van der Waals surface area contributed by atoms with Crippen LogP contribution in [0, 0.1) is 5.92 Å². The van der Waals surface area contributed by atoms with Gasteiger partial charge in [-0.2, -0.15) is 0 Å². The molecular weight excluding hydrogens is 350 g/mol. The Labute approximate surface area is 158 Å². The molecule has 148 valence electrons. The van der Waals surface area contributed by atoms with Gasteiger partial charge in [0.25, 0.3) is 5.91 Å². The third-order valence-electron chi connectivity index (χ3n) is 5.36. The zero-order valence-electron chi connectivity index (χ0n) is 15.7. The number of morpholine rings is 1. The van der Waals surface area contributed by atoms with Crippen molar-refractivity contribution in [3.8, 4) is 5.75 Å². The molecule has 3 rings (SSSR count). The molecule has 2 aliphatic heterocycles. The second kappa shape index (κ2) is 9.03. The van der Waals surface area contributed by atoms with Gasteiger partial charge >= 0.3 is 0 Å². The SMILES string of the molecule is COc1c[nH]c(C(=O)N2CCC(CCC(=O)N3CCOCC3)CC2)cc1=O. The maximum atomic E-state index is 12.6. The van der Waals surface area contributed by atoms with E-state index < -0.39 is 0 Å². The molecule has 2 fully saturated rings. The van der Waals surface area contributed by atoms with Crippen molar-refractivity contribution >= 4 is 11.8 Å². The molecule has 3 heterocycles. The summed E-state index contributed by atoms with van der Waals surface area (Å²) in [5, 5.41) is 0. The summed E-state index contributed by atoms with van der Waals surface area (Å²) in [6.07, 6.45) is 4.59. The first-order chi connectivity index (χ1) is 13.1. The molecule has 0 atom stereocenters. The number of rotatable bonds is 5. The first-order valence-corrected chi connectivity index (χ1v) is 9.50. The standard InChI is InChI=1S/C19H27N3O5/c1-26-17-13-20-15(12-16(17)23)19(25)22-6-4-14(5-7-22)2-3-18(24)21-8-10-27-11-9-21/h12-14H,2-11H2,1H3,(H,20,23). The van der Waals surface area contributed by atoms with Crippen LogP contribution in [0.15, 0.2) is 17.1 Å². The fourth-order valence-corrected chi connectivity index (χ4v) is 3.63. The molecule has 8 nitrogen and oxygen atoms in total. The topological polar surface area (TPSA) is 91.9 Å². The predicted octanol–water partition coefficient (Wildman–Crippen LogP) is 0.875. The molecule has 1 aromatic heterocycles. The van der Waals surface area contributed by atoms with Crippen molar-refractivity contribution < 1.29 is 19.1 Å². The highest BCUT2D eigenvalue weighted by molar-refractivity contribution is 5.92. The fraction of sp³-hybridized carbons (Fsp3) is 0.632. The number of nitrogens with one attached hydrogen (secondary N) is 1. The molecule has 0 unspecified atom stereocenters. The van der Waals surface area contributed by atoms with Crippen molar-refractivity contribution in [1.82, 2.24) is 14.8 Å². The monoisotopic (exact) mass is 377 g/mol. The Balaban J connectivity index is 1.45. The van der Waals surface area contributed by atoms with Crippen LogP contribution in [0.25, 0.3) is 0 Å². The van der Waals surface area contributed by atoms with Gasteiger partial charge in [0.05, 0.1) is 20.3 Å². The van der Waals surface area contributed by atoms with Crippen LogP contribution in [-0.4, -0.2) is 73.1 Å². The Bertz CT molecular complexity index is 718. The van der Waals surface area contributed by atoms with Crippen LogP contribution >= 0.6 is 0 Å². The third kappa shape index (κ3) is 4.88. The molecule has 0 aliphatic carbocycles. The minimum absolute atomic E-state index is 0.169. The van der Waals surface area contributed by atoms with E-state index in [2.05, 4.69) is 4.98 Å². The summed E-state index contributed by atoms with van der Waals surface area (Å²) in [4.78, 5) is 43.1. The van der Waals surface area contributed by atoms with Gasteiger partial charge in [0, 0.05) is 44.9 Å². The number of ether oxygens (including phenoxy) is 2. The van der Waals surface area contributed by atoms with Crippen molar-refractivity contribution in [3.63, 3.8) is 0 Å². The van der Waals surface area contributed by atoms with E-state index in [1.165, 1.54) is 19.4 Å². The molecule has 27 heavy (non-hydrogen) atoms. The quantitative estimate of drug-likeness (QED) is 0.822. The number of piperidine rings is 1. The molecule has 2 aliphatic rings. The zero-order valence-corrected chi connectivity index (χ0v) is 15.7. The number of amides is 2. The number of carbonyl (C=O) groups is 2. The van der Waals surface area contributed by atoms with Gasteiger partial charge < -0.3 is 24.3 Å². The Morgan fingerprint density at radius 1 is 1.19 bits per heavy atom. The number of likely N-dealkylation sites (tertiary alicyclic amines) is 1. The number of pyridine rings is 1. The third-order valence-corrected chi connectivity index (χ3v) is 5.36. The minimum Gasteiger partial charge on any atom is -0.491 e. The lowest BCUT2D eigenvalue weighted by atomic mass is 9.91. The summed E-state index contributed by atoms with van der Waals surface area (Å²) >= 11 is 0. The van der Waals surface area contributed by atoms with E-state index in [-0.39, 0.29) is 28.7 Å². The second-order valence-electron chi connectivity index (χ2n) is 7.05. The number of hydrogen-bond donors (Lipinski definition) is 1. The summed E-state index contributed by atoms with van der Waals surface area (Å²) in [6, 6.07) is 1.29. The zero-order chi connectivity index (χ0) is 19.2. The van der Waals surface area contributed by atoms with Crippen LogP contribution in [0.5, 0.6) is 5.75 Å². The van der Waals surface area contributed by atoms with Crippen LogP contribution < -0.4 is 10.2 Å². The predicted molar refractivity (Wildman–Crippen MR) is 98.9 cm³/mol.